The molecule has 0 aliphatic heterocycles. The Bertz CT molecular complexity index is 288. The molecule has 5 nitrogen and oxygen atoms in total. The van der Waals surface area contributed by atoms with Crippen molar-refractivity contribution in [3.8, 4) is 11.5 Å². The van der Waals surface area contributed by atoms with Crippen molar-refractivity contribution in [2.75, 3.05) is 6.54 Å². The Hall–Kier alpha value is -1.75. The van der Waals surface area contributed by atoms with E-state index >= 15 is 0 Å². The van der Waals surface area contributed by atoms with Gasteiger partial charge >= 0.3 is 0 Å². The number of rotatable bonds is 2. The molecule has 1 aromatic rings. The summed E-state index contributed by atoms with van der Waals surface area (Å²) in [6.45, 7) is 0.296. The maximum atomic E-state index is 9.04. The smallest absolute Gasteiger partial charge is 0.290 e. The maximum Gasteiger partial charge on any atom is 0.290 e. The fraction of sp³-hybridized carbons (Fsp3) is 0.222. The van der Waals surface area contributed by atoms with Gasteiger partial charge in [-0.25, -0.2) is 0 Å². The highest BCUT2D eigenvalue weighted by molar-refractivity contribution is 5.40. The molecule has 0 amide bonds. The Balaban J connectivity index is 0.000000500. The molecule has 78 valence electrons. The predicted molar refractivity (Wildman–Crippen MR) is 51.2 cm³/mol. The van der Waals surface area contributed by atoms with E-state index in [-0.39, 0.29) is 18.0 Å². The molecule has 0 saturated heterocycles. The van der Waals surface area contributed by atoms with Gasteiger partial charge < -0.3 is 21.1 Å². The van der Waals surface area contributed by atoms with E-state index in [1.54, 1.807) is 6.07 Å². The first kappa shape index (κ1) is 12.2. The summed E-state index contributed by atoms with van der Waals surface area (Å²) in [4.78, 5) is 8.36. The van der Waals surface area contributed by atoms with Crippen LogP contribution in [-0.4, -0.2) is 28.3 Å². The van der Waals surface area contributed by atoms with Crippen molar-refractivity contribution in [2.24, 2.45) is 5.73 Å². The molecule has 0 saturated carbocycles. The van der Waals surface area contributed by atoms with Gasteiger partial charge in [0.05, 0.1) is 0 Å². The van der Waals surface area contributed by atoms with Crippen molar-refractivity contribution in [3.63, 3.8) is 0 Å². The Morgan fingerprint density at radius 1 is 1.29 bits per heavy atom. The summed E-state index contributed by atoms with van der Waals surface area (Å²) in [7, 11) is 0. The van der Waals surface area contributed by atoms with E-state index in [9.17, 15) is 0 Å². The second kappa shape index (κ2) is 6.73. The van der Waals surface area contributed by atoms with Crippen LogP contribution in [0, 0.1) is 0 Å². The third-order valence-corrected chi connectivity index (χ3v) is 1.47. The normalized spacial score (nSPS) is 8.64. The molecule has 0 unspecified atom stereocenters. The summed E-state index contributed by atoms with van der Waals surface area (Å²) in [5.74, 6) is -0.179. The molecule has 1 aromatic carbocycles. The van der Waals surface area contributed by atoms with Crippen LogP contribution in [0.1, 0.15) is 5.56 Å². The van der Waals surface area contributed by atoms with E-state index < -0.39 is 0 Å². The number of phenols is 2. The average molecular weight is 199 g/mol. The van der Waals surface area contributed by atoms with Gasteiger partial charge in [0.2, 0.25) is 0 Å². The van der Waals surface area contributed by atoms with Crippen LogP contribution in [0.25, 0.3) is 0 Å². The Morgan fingerprint density at radius 2 is 1.86 bits per heavy atom. The van der Waals surface area contributed by atoms with Gasteiger partial charge in [0.1, 0.15) is 0 Å². The highest BCUT2D eigenvalue weighted by Gasteiger charge is 1.98. The molecule has 0 heterocycles. The largest absolute Gasteiger partial charge is 0.504 e. The fourth-order valence-corrected chi connectivity index (χ4v) is 0.891. The number of carbonyl (C=O) groups is 1. The third kappa shape index (κ3) is 4.32. The number of benzene rings is 1. The standard InChI is InChI=1S/C8H11NO2.CH2O2/c9-4-3-6-1-2-7(10)8(11)5-6;2-1-3/h1-2,5,10-11H,3-4,9H2;1H,(H,2,3). The molecule has 0 atom stereocenters. The molecule has 0 bridgehead atoms. The summed E-state index contributed by atoms with van der Waals surface area (Å²) in [5.41, 5.74) is 6.24. The van der Waals surface area contributed by atoms with E-state index in [1.165, 1.54) is 12.1 Å². The molecule has 0 aromatic heterocycles. The minimum absolute atomic E-state index is 0.0871. The van der Waals surface area contributed by atoms with E-state index in [1.807, 2.05) is 0 Å². The van der Waals surface area contributed by atoms with Gasteiger partial charge in [0.25, 0.3) is 6.47 Å². The molecule has 1 rings (SSSR count). The molecule has 0 fully saturated rings. The molecular formula is C9H13NO4. The number of nitrogens with two attached hydrogens (primary N) is 1. The molecule has 14 heavy (non-hydrogen) atoms. The lowest BCUT2D eigenvalue weighted by Crippen LogP contribution is -2.02. The van der Waals surface area contributed by atoms with Gasteiger partial charge in [-0.3, -0.25) is 4.79 Å². The molecule has 0 spiro atoms. The highest BCUT2D eigenvalue weighted by atomic mass is 16.3. The van der Waals surface area contributed by atoms with Crippen LogP contribution in [0.3, 0.4) is 0 Å². The highest BCUT2D eigenvalue weighted by Crippen LogP contribution is 2.24. The van der Waals surface area contributed by atoms with E-state index in [0.29, 0.717) is 13.0 Å². The minimum Gasteiger partial charge on any atom is -0.504 e. The van der Waals surface area contributed by atoms with Crippen LogP contribution in [0.5, 0.6) is 11.5 Å². The van der Waals surface area contributed by atoms with Crippen LogP contribution in [0.4, 0.5) is 0 Å². The van der Waals surface area contributed by atoms with Crippen molar-refractivity contribution >= 4 is 6.47 Å². The zero-order chi connectivity index (χ0) is 11.0. The summed E-state index contributed by atoms with van der Waals surface area (Å²) in [6.07, 6.45) is 0.716. The Labute approximate surface area is 81.4 Å². The van der Waals surface area contributed by atoms with Crippen molar-refractivity contribution in [3.05, 3.63) is 23.8 Å². The number of aromatic hydroxyl groups is 2. The first-order valence-electron chi connectivity index (χ1n) is 3.94. The van der Waals surface area contributed by atoms with Crippen LogP contribution < -0.4 is 5.73 Å². The van der Waals surface area contributed by atoms with E-state index in [0.717, 1.165) is 5.56 Å². The zero-order valence-corrected chi connectivity index (χ0v) is 7.55. The van der Waals surface area contributed by atoms with Gasteiger partial charge in [-0.2, -0.15) is 0 Å². The molecule has 0 radical (unpaired) electrons. The SMILES string of the molecule is NCCc1ccc(O)c(O)c1.O=CO. The fourth-order valence-electron chi connectivity index (χ4n) is 0.891. The zero-order valence-electron chi connectivity index (χ0n) is 7.55. The molecule has 0 aliphatic carbocycles. The van der Waals surface area contributed by atoms with E-state index in [4.69, 9.17) is 25.8 Å². The van der Waals surface area contributed by atoms with Crippen molar-refractivity contribution in [1.82, 2.24) is 0 Å². The van der Waals surface area contributed by atoms with Crippen LogP contribution in [-0.2, 0) is 11.2 Å². The van der Waals surface area contributed by atoms with Gasteiger partial charge in [-0.05, 0) is 30.7 Å². The lowest BCUT2D eigenvalue weighted by Gasteiger charge is -2.00. The number of hydrogen-bond acceptors (Lipinski definition) is 4. The Kier molecular flexibility index (Phi) is 5.89. The lowest BCUT2D eigenvalue weighted by atomic mass is 10.1. The molecule has 0 aliphatic rings. The summed E-state index contributed by atoms with van der Waals surface area (Å²) in [6, 6.07) is 4.71. The quantitative estimate of drug-likeness (QED) is 0.405. The number of hydrogen-bond donors (Lipinski definition) is 4. The summed E-state index contributed by atoms with van der Waals surface area (Å²) >= 11 is 0. The van der Waals surface area contributed by atoms with Crippen molar-refractivity contribution in [2.45, 2.75) is 6.42 Å². The van der Waals surface area contributed by atoms with E-state index in [2.05, 4.69) is 0 Å². The van der Waals surface area contributed by atoms with Crippen LogP contribution >= 0.6 is 0 Å². The first-order valence-corrected chi connectivity index (χ1v) is 3.94. The number of carboxylic acid groups (broad SMARTS) is 1. The Morgan fingerprint density at radius 3 is 2.29 bits per heavy atom. The van der Waals surface area contributed by atoms with Gasteiger partial charge in [-0.15, -0.1) is 0 Å². The lowest BCUT2D eigenvalue weighted by molar-refractivity contribution is -0.122. The topological polar surface area (TPSA) is 104 Å². The molecule has 5 N–H and O–H groups in total. The molecule has 5 heteroatoms. The van der Waals surface area contributed by atoms with Crippen LogP contribution in [0.15, 0.2) is 18.2 Å². The summed E-state index contributed by atoms with van der Waals surface area (Å²) < 4.78 is 0. The second-order valence-corrected chi connectivity index (χ2v) is 2.47. The van der Waals surface area contributed by atoms with Crippen molar-refractivity contribution < 1.29 is 20.1 Å². The van der Waals surface area contributed by atoms with Gasteiger partial charge in [0, 0.05) is 0 Å². The van der Waals surface area contributed by atoms with Gasteiger partial charge in [-0.1, -0.05) is 6.07 Å². The van der Waals surface area contributed by atoms with Crippen molar-refractivity contribution in [1.29, 1.82) is 0 Å². The van der Waals surface area contributed by atoms with Crippen LogP contribution in [0.2, 0.25) is 0 Å². The third-order valence-electron chi connectivity index (χ3n) is 1.47. The minimum atomic E-state index is -0.250. The predicted octanol–water partition coefficient (Wildman–Crippen LogP) is 0.300. The second-order valence-electron chi connectivity index (χ2n) is 2.47. The summed E-state index contributed by atoms with van der Waals surface area (Å²) in [5, 5.41) is 24.9. The monoisotopic (exact) mass is 199 g/mol. The average Bonchev–Trinajstić information content (AvgIpc) is 2.13. The van der Waals surface area contributed by atoms with Gasteiger partial charge in [0.15, 0.2) is 11.5 Å². The maximum absolute atomic E-state index is 9.04. The first-order chi connectivity index (χ1) is 6.65. The number of phenolic OH excluding ortho intramolecular Hbond substituents is 2. The molecular weight excluding hydrogens is 186 g/mol.